The number of halogens is 2. The van der Waals surface area contributed by atoms with E-state index in [9.17, 15) is 13.6 Å². The van der Waals surface area contributed by atoms with Crippen molar-refractivity contribution in [2.75, 3.05) is 5.32 Å². The average Bonchev–Trinajstić information content (AvgIpc) is 2.82. The summed E-state index contributed by atoms with van der Waals surface area (Å²) in [5.74, 6) is -0.482. The topological polar surface area (TPSA) is 56.2 Å². The van der Waals surface area contributed by atoms with Crippen LogP contribution < -0.4 is 10.1 Å². The average molecular weight is 309 g/mol. The van der Waals surface area contributed by atoms with Crippen LogP contribution >= 0.6 is 0 Å². The van der Waals surface area contributed by atoms with Crippen molar-refractivity contribution < 1.29 is 18.3 Å². The number of anilines is 1. The van der Waals surface area contributed by atoms with E-state index in [4.69, 9.17) is 0 Å². The van der Waals surface area contributed by atoms with Crippen LogP contribution in [0.3, 0.4) is 0 Å². The van der Waals surface area contributed by atoms with Crippen LogP contribution in [0.25, 0.3) is 0 Å². The molecule has 0 aliphatic rings. The number of carbonyl (C=O) groups is 1. The van der Waals surface area contributed by atoms with Gasteiger partial charge in [-0.25, -0.2) is 0 Å². The molecule has 1 aromatic carbocycles. The van der Waals surface area contributed by atoms with E-state index in [1.807, 2.05) is 6.92 Å². The number of amides is 1. The Bertz CT molecular complexity index is 683. The van der Waals surface area contributed by atoms with Crippen LogP contribution in [0.1, 0.15) is 28.5 Å². The molecule has 0 saturated heterocycles. The van der Waals surface area contributed by atoms with Crippen LogP contribution in [-0.2, 0) is 6.54 Å². The predicted molar refractivity (Wildman–Crippen MR) is 78.4 cm³/mol. The van der Waals surface area contributed by atoms with Crippen molar-refractivity contribution in [3.05, 3.63) is 41.2 Å². The highest BCUT2D eigenvalue weighted by Gasteiger charge is 2.16. The van der Waals surface area contributed by atoms with Crippen molar-refractivity contribution in [3.8, 4) is 5.75 Å². The molecule has 0 unspecified atom stereocenters. The number of hydrogen-bond acceptors (Lipinski definition) is 3. The molecular weight excluding hydrogens is 292 g/mol. The molecule has 2 aromatic rings. The number of aromatic nitrogens is 2. The van der Waals surface area contributed by atoms with Crippen LogP contribution in [0.5, 0.6) is 5.75 Å². The van der Waals surface area contributed by atoms with Gasteiger partial charge in [0.2, 0.25) is 0 Å². The second-order valence-corrected chi connectivity index (χ2v) is 4.82. The van der Waals surface area contributed by atoms with E-state index in [0.29, 0.717) is 17.8 Å². The molecule has 0 aliphatic carbocycles. The van der Waals surface area contributed by atoms with E-state index in [-0.39, 0.29) is 11.4 Å². The number of carbonyl (C=O) groups excluding carboxylic acids is 1. The molecule has 22 heavy (non-hydrogen) atoms. The molecule has 1 amide bonds. The standard InChI is InChI=1S/C15H17F2N3O2/c1-4-20-8-11(10(3)19-20)14(21)18-12-6-5-9(2)7-13(12)22-15(16)17/h5-8,15H,4H2,1-3H3,(H,18,21). The Hall–Kier alpha value is -2.44. The molecule has 5 nitrogen and oxygen atoms in total. The zero-order chi connectivity index (χ0) is 16.3. The lowest BCUT2D eigenvalue weighted by atomic mass is 10.2. The molecule has 118 valence electrons. The Morgan fingerprint density at radius 1 is 1.41 bits per heavy atom. The lowest BCUT2D eigenvalue weighted by molar-refractivity contribution is -0.0494. The Morgan fingerprint density at radius 2 is 2.14 bits per heavy atom. The molecule has 7 heteroatoms. The minimum Gasteiger partial charge on any atom is -0.433 e. The van der Waals surface area contributed by atoms with Crippen LogP contribution in [0, 0.1) is 13.8 Å². The third-order valence-corrected chi connectivity index (χ3v) is 3.12. The van der Waals surface area contributed by atoms with Gasteiger partial charge >= 0.3 is 6.61 Å². The summed E-state index contributed by atoms with van der Waals surface area (Å²) >= 11 is 0. The largest absolute Gasteiger partial charge is 0.433 e. The fraction of sp³-hybridized carbons (Fsp3) is 0.333. The van der Waals surface area contributed by atoms with Crippen molar-refractivity contribution in [1.82, 2.24) is 9.78 Å². The number of alkyl halides is 2. The molecule has 0 saturated carbocycles. The summed E-state index contributed by atoms with van der Waals surface area (Å²) in [5, 5.41) is 6.77. The summed E-state index contributed by atoms with van der Waals surface area (Å²) < 4.78 is 31.0. The molecule has 1 N–H and O–H groups in total. The number of aryl methyl sites for hydroxylation is 3. The summed E-state index contributed by atoms with van der Waals surface area (Å²) in [6.07, 6.45) is 1.62. The molecule has 0 spiro atoms. The van der Waals surface area contributed by atoms with E-state index in [2.05, 4.69) is 15.2 Å². The molecule has 0 bridgehead atoms. The fourth-order valence-corrected chi connectivity index (χ4v) is 2.02. The first-order valence-corrected chi connectivity index (χ1v) is 6.81. The van der Waals surface area contributed by atoms with E-state index in [1.165, 1.54) is 12.1 Å². The Kier molecular flexibility index (Phi) is 4.75. The smallest absolute Gasteiger partial charge is 0.387 e. The Labute approximate surface area is 126 Å². The van der Waals surface area contributed by atoms with Gasteiger partial charge in [0.25, 0.3) is 5.91 Å². The van der Waals surface area contributed by atoms with Gasteiger partial charge in [-0.15, -0.1) is 0 Å². The van der Waals surface area contributed by atoms with Gasteiger partial charge in [-0.1, -0.05) is 6.07 Å². The van der Waals surface area contributed by atoms with Gasteiger partial charge in [-0.2, -0.15) is 13.9 Å². The fourth-order valence-electron chi connectivity index (χ4n) is 2.02. The Morgan fingerprint density at radius 3 is 2.73 bits per heavy atom. The van der Waals surface area contributed by atoms with Crippen LogP contribution in [0.15, 0.2) is 24.4 Å². The highest BCUT2D eigenvalue weighted by Crippen LogP contribution is 2.28. The first kappa shape index (κ1) is 15.9. The second-order valence-electron chi connectivity index (χ2n) is 4.82. The molecule has 0 radical (unpaired) electrons. The molecule has 0 atom stereocenters. The molecule has 1 heterocycles. The summed E-state index contributed by atoms with van der Waals surface area (Å²) in [6, 6.07) is 4.69. The lowest BCUT2D eigenvalue weighted by Crippen LogP contribution is -2.14. The van der Waals surface area contributed by atoms with Gasteiger partial charge in [0.1, 0.15) is 5.75 Å². The first-order chi connectivity index (χ1) is 10.4. The van der Waals surface area contributed by atoms with Gasteiger partial charge < -0.3 is 10.1 Å². The van der Waals surface area contributed by atoms with E-state index in [1.54, 1.807) is 30.8 Å². The summed E-state index contributed by atoms with van der Waals surface area (Å²) in [5.41, 5.74) is 1.91. The maximum atomic E-state index is 12.5. The minimum atomic E-state index is -2.96. The molecule has 0 aliphatic heterocycles. The van der Waals surface area contributed by atoms with Crippen molar-refractivity contribution in [2.24, 2.45) is 0 Å². The molecule has 1 aromatic heterocycles. The lowest BCUT2D eigenvalue weighted by Gasteiger charge is -2.12. The van der Waals surface area contributed by atoms with Crippen LogP contribution in [0.2, 0.25) is 0 Å². The van der Waals surface area contributed by atoms with E-state index in [0.717, 1.165) is 5.56 Å². The van der Waals surface area contributed by atoms with E-state index >= 15 is 0 Å². The summed E-state index contributed by atoms with van der Waals surface area (Å²) in [4.78, 5) is 12.3. The van der Waals surface area contributed by atoms with Gasteiger partial charge in [0, 0.05) is 12.7 Å². The van der Waals surface area contributed by atoms with Gasteiger partial charge in [0.05, 0.1) is 16.9 Å². The number of nitrogens with one attached hydrogen (secondary N) is 1. The van der Waals surface area contributed by atoms with Crippen molar-refractivity contribution in [3.63, 3.8) is 0 Å². The molecule has 2 rings (SSSR count). The predicted octanol–water partition coefficient (Wildman–Crippen LogP) is 3.37. The second kappa shape index (κ2) is 6.55. The highest BCUT2D eigenvalue weighted by molar-refractivity contribution is 6.05. The van der Waals surface area contributed by atoms with Crippen molar-refractivity contribution in [1.29, 1.82) is 0 Å². The number of rotatable bonds is 5. The highest BCUT2D eigenvalue weighted by atomic mass is 19.3. The van der Waals surface area contributed by atoms with E-state index < -0.39 is 12.5 Å². The zero-order valence-corrected chi connectivity index (χ0v) is 12.6. The van der Waals surface area contributed by atoms with Crippen molar-refractivity contribution >= 4 is 11.6 Å². The minimum absolute atomic E-state index is 0.0658. The molecule has 0 fully saturated rings. The number of ether oxygens (including phenoxy) is 1. The summed E-state index contributed by atoms with van der Waals surface area (Å²) in [6.45, 7) is 3.05. The normalized spacial score (nSPS) is 10.8. The van der Waals surface area contributed by atoms with Gasteiger partial charge in [-0.3, -0.25) is 9.48 Å². The van der Waals surface area contributed by atoms with Crippen LogP contribution in [0.4, 0.5) is 14.5 Å². The first-order valence-electron chi connectivity index (χ1n) is 6.81. The van der Waals surface area contributed by atoms with Gasteiger partial charge in [-0.05, 0) is 38.5 Å². The monoisotopic (exact) mass is 309 g/mol. The molecular formula is C15H17F2N3O2. The third kappa shape index (κ3) is 3.60. The quantitative estimate of drug-likeness (QED) is 0.921. The maximum Gasteiger partial charge on any atom is 0.387 e. The number of benzene rings is 1. The van der Waals surface area contributed by atoms with Crippen molar-refractivity contribution in [2.45, 2.75) is 33.9 Å². The van der Waals surface area contributed by atoms with Gasteiger partial charge in [0.15, 0.2) is 0 Å². The summed E-state index contributed by atoms with van der Waals surface area (Å²) in [7, 11) is 0. The third-order valence-electron chi connectivity index (χ3n) is 3.12. The number of hydrogen-bond donors (Lipinski definition) is 1. The van der Waals surface area contributed by atoms with Crippen LogP contribution in [-0.4, -0.2) is 22.3 Å². The zero-order valence-electron chi connectivity index (χ0n) is 12.6. The maximum absolute atomic E-state index is 12.5. The SMILES string of the molecule is CCn1cc(C(=O)Nc2ccc(C)cc2OC(F)F)c(C)n1. The number of nitrogens with zero attached hydrogens (tertiary/aromatic N) is 2. The Balaban J connectivity index is 2.25.